The molecule has 0 spiro atoms. The molecule has 214 valence electrons. The Bertz CT molecular complexity index is 2990. The number of nitrogens with zero attached hydrogens (tertiary/aromatic N) is 1. The van der Waals surface area contributed by atoms with E-state index >= 15 is 0 Å². The van der Waals surface area contributed by atoms with Crippen LogP contribution in [0.15, 0.2) is 148 Å². The van der Waals surface area contributed by atoms with Gasteiger partial charge in [-0.25, -0.2) is 0 Å². The summed E-state index contributed by atoms with van der Waals surface area (Å²) in [6.45, 7) is 0. The third kappa shape index (κ3) is 3.26. The van der Waals surface area contributed by atoms with Crippen molar-refractivity contribution in [1.29, 1.82) is 0 Å². The molecule has 46 heavy (non-hydrogen) atoms. The fourth-order valence-electron chi connectivity index (χ4n) is 7.50. The van der Waals surface area contributed by atoms with Gasteiger partial charge in [0.05, 0.1) is 16.7 Å². The third-order valence-electron chi connectivity index (χ3n) is 9.60. The monoisotopic (exact) mass is 605 g/mol. The summed E-state index contributed by atoms with van der Waals surface area (Å²) in [7, 11) is 0. The number of furan rings is 2. The van der Waals surface area contributed by atoms with Crippen molar-refractivity contribution in [3.63, 3.8) is 0 Å². The van der Waals surface area contributed by atoms with Gasteiger partial charge >= 0.3 is 0 Å². The Morgan fingerprint density at radius 3 is 1.89 bits per heavy atom. The van der Waals surface area contributed by atoms with Crippen molar-refractivity contribution >= 4 is 97.2 Å². The highest BCUT2D eigenvalue weighted by Gasteiger charge is 2.19. The average molecular weight is 606 g/mol. The molecule has 11 rings (SSSR count). The van der Waals surface area contributed by atoms with E-state index in [0.29, 0.717) is 0 Å². The van der Waals surface area contributed by atoms with Crippen molar-refractivity contribution in [2.45, 2.75) is 0 Å². The molecule has 4 heterocycles. The number of hydrogen-bond acceptors (Lipinski definition) is 3. The van der Waals surface area contributed by atoms with Gasteiger partial charge in [0.25, 0.3) is 0 Å². The number of thiophene rings is 1. The summed E-state index contributed by atoms with van der Waals surface area (Å²) in [5.74, 6) is 0. The minimum Gasteiger partial charge on any atom is -0.456 e. The molecule has 0 fully saturated rings. The fourth-order valence-corrected chi connectivity index (χ4v) is 8.60. The molecule has 0 aliphatic heterocycles. The number of para-hydroxylation sites is 4. The lowest BCUT2D eigenvalue weighted by Gasteiger charge is -2.08. The number of aromatic nitrogens is 1. The molecule has 0 aliphatic carbocycles. The van der Waals surface area contributed by atoms with Crippen LogP contribution in [-0.2, 0) is 0 Å². The van der Waals surface area contributed by atoms with Crippen LogP contribution in [0.1, 0.15) is 0 Å². The van der Waals surface area contributed by atoms with Crippen molar-refractivity contribution < 1.29 is 8.83 Å². The maximum absolute atomic E-state index is 6.79. The molecule has 0 atom stereocenters. The van der Waals surface area contributed by atoms with Crippen LogP contribution in [0.3, 0.4) is 0 Å². The smallest absolute Gasteiger partial charge is 0.159 e. The molecule has 4 heteroatoms. The lowest BCUT2D eigenvalue weighted by Crippen LogP contribution is -1.93. The van der Waals surface area contributed by atoms with Crippen LogP contribution in [0, 0.1) is 0 Å². The summed E-state index contributed by atoms with van der Waals surface area (Å²) in [5.41, 5.74) is 9.38. The van der Waals surface area contributed by atoms with E-state index in [-0.39, 0.29) is 0 Å². The Morgan fingerprint density at radius 1 is 0.391 bits per heavy atom. The van der Waals surface area contributed by atoms with Crippen molar-refractivity contribution in [2.75, 3.05) is 0 Å². The average Bonchev–Trinajstić information content (AvgIpc) is 3.85. The minimum atomic E-state index is 0.907. The molecule has 0 saturated heterocycles. The quantitative estimate of drug-likeness (QED) is 0.196. The van der Waals surface area contributed by atoms with E-state index in [1.54, 1.807) is 0 Å². The van der Waals surface area contributed by atoms with E-state index in [1.807, 2.05) is 23.5 Å². The minimum absolute atomic E-state index is 0.907. The summed E-state index contributed by atoms with van der Waals surface area (Å²) in [6.07, 6.45) is 0. The Labute approximate surface area is 266 Å². The Balaban J connectivity index is 1.11. The van der Waals surface area contributed by atoms with Gasteiger partial charge in [-0.1, -0.05) is 78.9 Å². The molecule has 0 bridgehead atoms. The van der Waals surface area contributed by atoms with Gasteiger partial charge in [-0.2, -0.15) is 0 Å². The molecule has 11 aromatic rings. The molecule has 0 radical (unpaired) electrons. The zero-order valence-corrected chi connectivity index (χ0v) is 25.3. The third-order valence-corrected chi connectivity index (χ3v) is 10.7. The summed E-state index contributed by atoms with van der Waals surface area (Å²) >= 11 is 1.84. The molecular weight excluding hydrogens is 583 g/mol. The summed E-state index contributed by atoms with van der Waals surface area (Å²) in [6, 6.07) is 49.9. The Kier molecular flexibility index (Phi) is 4.72. The maximum atomic E-state index is 6.79. The summed E-state index contributed by atoms with van der Waals surface area (Å²) < 4.78 is 17.9. The maximum Gasteiger partial charge on any atom is 0.159 e. The summed E-state index contributed by atoms with van der Waals surface area (Å²) in [4.78, 5) is 0. The molecule has 7 aromatic carbocycles. The molecule has 3 nitrogen and oxygen atoms in total. The van der Waals surface area contributed by atoms with Crippen LogP contribution in [0.2, 0.25) is 0 Å². The van der Waals surface area contributed by atoms with Crippen LogP contribution < -0.4 is 0 Å². The zero-order chi connectivity index (χ0) is 29.9. The lowest BCUT2D eigenvalue weighted by molar-refractivity contribution is 0.667. The molecule has 0 aliphatic rings. The van der Waals surface area contributed by atoms with Crippen molar-refractivity contribution in [3.05, 3.63) is 140 Å². The molecule has 0 saturated carbocycles. The first kappa shape index (κ1) is 24.5. The van der Waals surface area contributed by atoms with Crippen LogP contribution in [-0.4, -0.2) is 4.57 Å². The van der Waals surface area contributed by atoms with Gasteiger partial charge in [0.1, 0.15) is 16.7 Å². The van der Waals surface area contributed by atoms with E-state index in [2.05, 4.69) is 132 Å². The van der Waals surface area contributed by atoms with E-state index in [1.165, 1.54) is 47.5 Å². The molecular formula is C42H23NO2S. The topological polar surface area (TPSA) is 31.2 Å². The number of benzene rings is 7. The second kappa shape index (κ2) is 8.87. The van der Waals surface area contributed by atoms with Crippen molar-refractivity contribution in [2.24, 2.45) is 0 Å². The number of hydrogen-bond donors (Lipinski definition) is 0. The van der Waals surface area contributed by atoms with Gasteiger partial charge in [0, 0.05) is 52.5 Å². The lowest BCUT2D eigenvalue weighted by atomic mass is 10.0. The Morgan fingerprint density at radius 2 is 1.04 bits per heavy atom. The van der Waals surface area contributed by atoms with Crippen molar-refractivity contribution in [3.8, 4) is 16.8 Å². The second-order valence-electron chi connectivity index (χ2n) is 12.1. The van der Waals surface area contributed by atoms with Gasteiger partial charge in [-0.3, -0.25) is 0 Å². The molecule has 0 amide bonds. The van der Waals surface area contributed by atoms with Gasteiger partial charge in [-0.05, 0) is 71.8 Å². The number of fused-ring (bicyclic) bond motifs is 12. The standard InChI is InChI=1S/C42H23NO2S/c1-4-12-34-26(8-1)27-9-2-5-13-35(27)43(34)36-14-7-11-30-31-23-41-33(22-39(31)45-42(30)36)32-20-24(17-19-40(32)46-41)25-16-18-29-28-10-3-6-15-37(28)44-38(29)21-25/h1-23H. The van der Waals surface area contributed by atoms with Crippen LogP contribution >= 0.6 is 11.3 Å². The first-order chi connectivity index (χ1) is 22.8. The number of rotatable bonds is 2. The zero-order valence-electron chi connectivity index (χ0n) is 24.5. The van der Waals surface area contributed by atoms with Crippen LogP contribution in [0.4, 0.5) is 0 Å². The first-order valence-electron chi connectivity index (χ1n) is 15.5. The SMILES string of the molecule is c1ccc2c(c1)oc1cc(-c3ccc4sc5cc6c(cc5c4c3)oc3c(-n4c5ccccc5c5ccccc54)cccc36)ccc12. The van der Waals surface area contributed by atoms with Gasteiger partial charge in [0.2, 0.25) is 0 Å². The predicted molar refractivity (Wildman–Crippen MR) is 194 cm³/mol. The van der Waals surface area contributed by atoms with E-state index in [0.717, 1.165) is 55.1 Å². The van der Waals surface area contributed by atoms with Gasteiger partial charge in [0.15, 0.2) is 5.58 Å². The molecule has 0 unspecified atom stereocenters. The Hall–Kier alpha value is -5.84. The van der Waals surface area contributed by atoms with Crippen LogP contribution in [0.25, 0.3) is 103 Å². The van der Waals surface area contributed by atoms with E-state index in [9.17, 15) is 0 Å². The molecule has 0 N–H and O–H groups in total. The van der Waals surface area contributed by atoms with E-state index in [4.69, 9.17) is 8.83 Å². The van der Waals surface area contributed by atoms with Crippen molar-refractivity contribution in [1.82, 2.24) is 4.57 Å². The normalized spacial score (nSPS) is 12.3. The molecule has 4 aromatic heterocycles. The second-order valence-corrected chi connectivity index (χ2v) is 13.2. The highest BCUT2D eigenvalue weighted by molar-refractivity contribution is 7.25. The predicted octanol–water partition coefficient (Wildman–Crippen LogP) is 12.6. The van der Waals surface area contributed by atoms with Gasteiger partial charge < -0.3 is 13.4 Å². The van der Waals surface area contributed by atoms with Gasteiger partial charge in [-0.15, -0.1) is 11.3 Å². The highest BCUT2D eigenvalue weighted by atomic mass is 32.1. The summed E-state index contributed by atoms with van der Waals surface area (Å²) in [5, 5.41) is 9.53. The highest BCUT2D eigenvalue weighted by Crippen LogP contribution is 2.43. The first-order valence-corrected chi connectivity index (χ1v) is 16.3. The van der Waals surface area contributed by atoms with Crippen LogP contribution in [0.5, 0.6) is 0 Å². The van der Waals surface area contributed by atoms with E-state index < -0.39 is 0 Å². The fraction of sp³-hybridized carbons (Fsp3) is 0. The largest absolute Gasteiger partial charge is 0.456 e.